The van der Waals surface area contributed by atoms with Gasteiger partial charge in [-0.15, -0.1) is 0 Å². The van der Waals surface area contributed by atoms with Crippen molar-refractivity contribution < 1.29 is 4.74 Å². The summed E-state index contributed by atoms with van der Waals surface area (Å²) >= 11 is 0. The summed E-state index contributed by atoms with van der Waals surface area (Å²) in [5.41, 5.74) is 4.90. The molecule has 0 aliphatic carbocycles. The standard InChI is InChI=1S/C29H34N4O/c1-31(25-17-20-32(21-18-25)19-16-23-8-4-3-5-9-23)29-30-27-10-6-7-11-28(27)33(29)22-24-12-14-26(34-2)15-13-24/h3-15,25H,16-22H2,1-2H3. The molecule has 2 heterocycles. The van der Waals surface area contributed by atoms with Gasteiger partial charge in [-0.25, -0.2) is 4.98 Å². The molecule has 5 rings (SSSR count). The number of nitrogens with zero attached hydrogens (tertiary/aromatic N) is 4. The van der Waals surface area contributed by atoms with E-state index in [2.05, 4.69) is 88.1 Å². The molecule has 0 unspecified atom stereocenters. The van der Waals surface area contributed by atoms with Crippen molar-refractivity contribution in [1.82, 2.24) is 14.5 Å². The van der Waals surface area contributed by atoms with Gasteiger partial charge in [0.25, 0.3) is 0 Å². The first kappa shape index (κ1) is 22.5. The van der Waals surface area contributed by atoms with Crippen molar-refractivity contribution in [2.45, 2.75) is 31.8 Å². The zero-order chi connectivity index (χ0) is 23.3. The number of imidazole rings is 1. The second-order valence-corrected chi connectivity index (χ2v) is 9.25. The van der Waals surface area contributed by atoms with Gasteiger partial charge in [-0.05, 0) is 54.7 Å². The largest absolute Gasteiger partial charge is 0.497 e. The maximum absolute atomic E-state index is 5.34. The maximum atomic E-state index is 5.34. The Morgan fingerprint density at radius 3 is 2.32 bits per heavy atom. The van der Waals surface area contributed by atoms with Gasteiger partial charge in [0.1, 0.15) is 5.75 Å². The molecule has 5 heteroatoms. The van der Waals surface area contributed by atoms with Crippen molar-refractivity contribution in [1.29, 1.82) is 0 Å². The molecule has 34 heavy (non-hydrogen) atoms. The molecule has 0 radical (unpaired) electrons. The fourth-order valence-electron chi connectivity index (χ4n) is 5.03. The number of rotatable bonds is 8. The van der Waals surface area contributed by atoms with Crippen molar-refractivity contribution in [2.24, 2.45) is 0 Å². The van der Waals surface area contributed by atoms with E-state index in [1.54, 1.807) is 7.11 Å². The van der Waals surface area contributed by atoms with Gasteiger partial charge in [0.2, 0.25) is 5.95 Å². The minimum absolute atomic E-state index is 0.499. The number of fused-ring (bicyclic) bond motifs is 1. The number of likely N-dealkylation sites (tertiary alicyclic amines) is 1. The van der Waals surface area contributed by atoms with Crippen LogP contribution in [0.15, 0.2) is 78.9 Å². The molecule has 1 aliphatic heterocycles. The highest BCUT2D eigenvalue weighted by atomic mass is 16.5. The zero-order valence-corrected chi connectivity index (χ0v) is 20.2. The quantitative estimate of drug-likeness (QED) is 0.365. The Bertz CT molecular complexity index is 1190. The number of para-hydroxylation sites is 2. The van der Waals surface area contributed by atoms with Gasteiger partial charge in [-0.3, -0.25) is 0 Å². The third-order valence-corrected chi connectivity index (χ3v) is 7.11. The third-order valence-electron chi connectivity index (χ3n) is 7.11. The van der Waals surface area contributed by atoms with E-state index >= 15 is 0 Å². The van der Waals surface area contributed by atoms with Gasteiger partial charge in [0, 0.05) is 32.7 Å². The molecule has 176 valence electrons. The molecule has 0 N–H and O–H groups in total. The van der Waals surface area contributed by atoms with Crippen molar-refractivity contribution in [3.63, 3.8) is 0 Å². The Labute approximate surface area is 202 Å². The summed E-state index contributed by atoms with van der Waals surface area (Å²) in [5, 5.41) is 0. The van der Waals surface area contributed by atoms with Crippen LogP contribution in [0.2, 0.25) is 0 Å². The number of methoxy groups -OCH3 is 1. The van der Waals surface area contributed by atoms with E-state index in [0.717, 1.165) is 62.7 Å². The topological polar surface area (TPSA) is 33.5 Å². The minimum Gasteiger partial charge on any atom is -0.497 e. The molecule has 1 fully saturated rings. The normalized spacial score (nSPS) is 15.0. The van der Waals surface area contributed by atoms with E-state index in [-0.39, 0.29) is 0 Å². The molecule has 1 aliphatic rings. The van der Waals surface area contributed by atoms with E-state index in [1.165, 1.54) is 16.6 Å². The molecule has 0 atom stereocenters. The average Bonchev–Trinajstić information content (AvgIpc) is 3.26. The molecule has 5 nitrogen and oxygen atoms in total. The number of aromatic nitrogens is 2. The summed E-state index contributed by atoms with van der Waals surface area (Å²) in [6, 6.07) is 28.1. The number of piperidine rings is 1. The molecule has 0 amide bonds. The van der Waals surface area contributed by atoms with Crippen LogP contribution in [0.5, 0.6) is 5.75 Å². The lowest BCUT2D eigenvalue weighted by Gasteiger charge is -2.37. The van der Waals surface area contributed by atoms with Crippen LogP contribution in [-0.2, 0) is 13.0 Å². The van der Waals surface area contributed by atoms with Crippen molar-refractivity contribution >= 4 is 17.0 Å². The molecular weight excluding hydrogens is 420 g/mol. The maximum Gasteiger partial charge on any atom is 0.206 e. The SMILES string of the molecule is COc1ccc(Cn2c(N(C)C3CCN(CCc4ccccc4)CC3)nc3ccccc32)cc1. The highest BCUT2D eigenvalue weighted by Crippen LogP contribution is 2.28. The van der Waals surface area contributed by atoms with Crippen molar-refractivity contribution in [3.8, 4) is 5.75 Å². The first-order chi connectivity index (χ1) is 16.7. The zero-order valence-electron chi connectivity index (χ0n) is 20.2. The lowest BCUT2D eigenvalue weighted by molar-refractivity contribution is 0.212. The van der Waals surface area contributed by atoms with E-state index in [4.69, 9.17) is 9.72 Å². The lowest BCUT2D eigenvalue weighted by Crippen LogP contribution is -2.44. The number of benzene rings is 3. The Balaban J connectivity index is 1.29. The summed E-state index contributed by atoms with van der Waals surface area (Å²) in [7, 11) is 3.93. The Morgan fingerprint density at radius 2 is 1.59 bits per heavy atom. The molecule has 3 aromatic carbocycles. The van der Waals surface area contributed by atoms with Crippen LogP contribution in [0.1, 0.15) is 24.0 Å². The second-order valence-electron chi connectivity index (χ2n) is 9.25. The molecule has 1 aromatic heterocycles. The second kappa shape index (κ2) is 10.3. The fraction of sp³-hybridized carbons (Fsp3) is 0.345. The van der Waals surface area contributed by atoms with Gasteiger partial charge in [0.15, 0.2) is 0 Å². The summed E-state index contributed by atoms with van der Waals surface area (Å²) < 4.78 is 7.70. The van der Waals surface area contributed by atoms with Gasteiger partial charge in [-0.2, -0.15) is 0 Å². The third kappa shape index (κ3) is 4.95. The number of hydrogen-bond donors (Lipinski definition) is 0. The Morgan fingerprint density at radius 1 is 0.882 bits per heavy atom. The molecule has 1 saturated heterocycles. The first-order valence-electron chi connectivity index (χ1n) is 12.3. The number of ether oxygens (including phenoxy) is 1. The van der Waals surface area contributed by atoms with Gasteiger partial charge in [0.05, 0.1) is 24.7 Å². The molecule has 0 bridgehead atoms. The van der Waals surface area contributed by atoms with Crippen LogP contribution in [0, 0.1) is 0 Å². The smallest absolute Gasteiger partial charge is 0.206 e. The predicted molar refractivity (Wildman–Crippen MR) is 140 cm³/mol. The Hall–Kier alpha value is -3.31. The summed E-state index contributed by atoms with van der Waals surface area (Å²) in [4.78, 5) is 10.1. The first-order valence-corrected chi connectivity index (χ1v) is 12.3. The van der Waals surface area contributed by atoms with Crippen LogP contribution >= 0.6 is 0 Å². The fourth-order valence-corrected chi connectivity index (χ4v) is 5.03. The van der Waals surface area contributed by atoms with E-state index in [0.29, 0.717) is 6.04 Å². The highest BCUT2D eigenvalue weighted by molar-refractivity contribution is 5.79. The van der Waals surface area contributed by atoms with Crippen LogP contribution < -0.4 is 9.64 Å². The van der Waals surface area contributed by atoms with Crippen LogP contribution in [0.4, 0.5) is 5.95 Å². The highest BCUT2D eigenvalue weighted by Gasteiger charge is 2.26. The van der Waals surface area contributed by atoms with E-state index < -0.39 is 0 Å². The Kier molecular flexibility index (Phi) is 6.82. The monoisotopic (exact) mass is 454 g/mol. The van der Waals surface area contributed by atoms with Crippen molar-refractivity contribution in [3.05, 3.63) is 90.0 Å². The van der Waals surface area contributed by atoms with E-state index in [9.17, 15) is 0 Å². The van der Waals surface area contributed by atoms with Crippen LogP contribution in [-0.4, -0.2) is 54.3 Å². The summed E-state index contributed by atoms with van der Waals surface area (Å²) in [6.45, 7) is 4.21. The lowest BCUT2D eigenvalue weighted by atomic mass is 10.0. The van der Waals surface area contributed by atoms with Crippen LogP contribution in [0.25, 0.3) is 11.0 Å². The molecule has 0 saturated carbocycles. The molecule has 0 spiro atoms. The predicted octanol–water partition coefficient (Wildman–Crippen LogP) is 5.24. The summed E-state index contributed by atoms with van der Waals surface area (Å²) in [5.74, 6) is 1.94. The van der Waals surface area contributed by atoms with Gasteiger partial charge < -0.3 is 19.1 Å². The van der Waals surface area contributed by atoms with E-state index in [1.807, 2.05) is 12.1 Å². The van der Waals surface area contributed by atoms with Crippen LogP contribution in [0.3, 0.4) is 0 Å². The summed E-state index contributed by atoms with van der Waals surface area (Å²) in [6.07, 6.45) is 3.45. The molecule has 4 aromatic rings. The van der Waals surface area contributed by atoms with Gasteiger partial charge >= 0.3 is 0 Å². The average molecular weight is 455 g/mol. The van der Waals surface area contributed by atoms with Gasteiger partial charge in [-0.1, -0.05) is 54.6 Å². The minimum atomic E-state index is 0.499. The number of anilines is 1. The number of hydrogen-bond acceptors (Lipinski definition) is 4. The molecular formula is C29H34N4O. The van der Waals surface area contributed by atoms with Crippen molar-refractivity contribution in [2.75, 3.05) is 38.7 Å².